The van der Waals surface area contributed by atoms with E-state index in [1.807, 2.05) is 29.3 Å². The van der Waals surface area contributed by atoms with Crippen LogP contribution >= 0.6 is 0 Å². The molecule has 1 unspecified atom stereocenters. The van der Waals surface area contributed by atoms with E-state index in [-0.39, 0.29) is 11.3 Å². The number of hydrogen-bond donors (Lipinski definition) is 0. The molecule has 2 aromatic heterocycles. The van der Waals surface area contributed by atoms with Crippen molar-refractivity contribution >= 4 is 11.7 Å². The van der Waals surface area contributed by atoms with E-state index in [9.17, 15) is 10.1 Å². The topological polar surface area (TPSA) is 73.1 Å². The molecular weight excluding hydrogens is 338 g/mol. The van der Waals surface area contributed by atoms with Crippen LogP contribution in [0.15, 0.2) is 42.9 Å². The van der Waals surface area contributed by atoms with E-state index in [2.05, 4.69) is 20.9 Å². The molecule has 0 radical (unpaired) electrons. The van der Waals surface area contributed by atoms with Gasteiger partial charge in [0.1, 0.15) is 11.9 Å². The Labute approximate surface area is 159 Å². The predicted octanol–water partition coefficient (Wildman–Crippen LogP) is 2.76. The smallest absolute Gasteiger partial charge is 0.222 e. The minimum Gasteiger partial charge on any atom is -0.355 e. The van der Waals surface area contributed by atoms with Gasteiger partial charge in [-0.15, -0.1) is 0 Å². The molecule has 2 saturated heterocycles. The molecule has 2 aliphatic rings. The van der Waals surface area contributed by atoms with Gasteiger partial charge in [0.15, 0.2) is 0 Å². The SMILES string of the molecule is N#Cc1cccnc1N1CCCC2(CCC(=O)N(Cc3cccnc3)C2)C1. The van der Waals surface area contributed by atoms with Gasteiger partial charge in [-0.3, -0.25) is 9.78 Å². The van der Waals surface area contributed by atoms with Gasteiger partial charge in [0.05, 0.1) is 5.56 Å². The van der Waals surface area contributed by atoms with Gasteiger partial charge >= 0.3 is 0 Å². The van der Waals surface area contributed by atoms with Crippen molar-refractivity contribution in [2.75, 3.05) is 24.5 Å². The molecule has 0 aromatic carbocycles. The Hall–Kier alpha value is -2.94. The highest BCUT2D eigenvalue weighted by atomic mass is 16.2. The van der Waals surface area contributed by atoms with Gasteiger partial charge in [-0.05, 0) is 43.0 Å². The van der Waals surface area contributed by atoms with E-state index in [4.69, 9.17) is 0 Å². The summed E-state index contributed by atoms with van der Waals surface area (Å²) >= 11 is 0. The lowest BCUT2D eigenvalue weighted by molar-refractivity contribution is -0.138. The first-order valence-electron chi connectivity index (χ1n) is 9.46. The molecule has 1 atom stereocenters. The Kier molecular flexibility index (Phi) is 4.76. The lowest BCUT2D eigenvalue weighted by Crippen LogP contribution is -2.54. The van der Waals surface area contributed by atoms with E-state index in [1.165, 1.54) is 0 Å². The van der Waals surface area contributed by atoms with E-state index in [1.54, 1.807) is 18.5 Å². The number of aromatic nitrogens is 2. The zero-order valence-electron chi connectivity index (χ0n) is 15.3. The number of carbonyl (C=O) groups is 1. The van der Waals surface area contributed by atoms with Crippen molar-refractivity contribution in [2.24, 2.45) is 5.41 Å². The number of nitrogens with zero attached hydrogens (tertiary/aromatic N) is 5. The van der Waals surface area contributed by atoms with Crippen molar-refractivity contribution in [3.05, 3.63) is 54.0 Å². The standard InChI is InChI=1S/C21H23N5O/c22-12-18-5-2-10-24-20(18)25-11-3-7-21(15-25)8-6-19(27)26(16-21)14-17-4-1-9-23-13-17/h1-2,4-5,9-10,13H,3,6-8,11,14-16H2. The molecular formula is C21H23N5O. The van der Waals surface area contributed by atoms with E-state index >= 15 is 0 Å². The number of nitriles is 1. The second-order valence-electron chi connectivity index (χ2n) is 7.62. The Morgan fingerprint density at radius 2 is 2.07 bits per heavy atom. The molecule has 6 nitrogen and oxygen atoms in total. The van der Waals surface area contributed by atoms with Gasteiger partial charge in [-0.2, -0.15) is 5.26 Å². The molecule has 1 spiro atoms. The summed E-state index contributed by atoms with van der Waals surface area (Å²) in [6.45, 7) is 3.12. The molecule has 2 aliphatic heterocycles. The molecule has 2 aromatic rings. The molecule has 1 amide bonds. The number of amides is 1. The normalized spacial score (nSPS) is 22.7. The molecule has 2 fully saturated rings. The summed E-state index contributed by atoms with van der Waals surface area (Å²) in [4.78, 5) is 25.4. The van der Waals surface area contributed by atoms with Gasteiger partial charge in [-0.1, -0.05) is 6.07 Å². The molecule has 4 rings (SSSR count). The number of anilines is 1. The average molecular weight is 361 g/mol. The number of rotatable bonds is 3. The van der Waals surface area contributed by atoms with Crippen molar-refractivity contribution in [1.29, 1.82) is 5.26 Å². The molecule has 0 N–H and O–H groups in total. The van der Waals surface area contributed by atoms with Crippen molar-refractivity contribution in [2.45, 2.75) is 32.2 Å². The zero-order chi connectivity index (χ0) is 18.7. The maximum atomic E-state index is 12.5. The maximum Gasteiger partial charge on any atom is 0.222 e. The summed E-state index contributed by atoms with van der Waals surface area (Å²) in [7, 11) is 0. The highest BCUT2D eigenvalue weighted by molar-refractivity contribution is 5.77. The number of likely N-dealkylation sites (tertiary alicyclic amines) is 1. The maximum absolute atomic E-state index is 12.5. The van der Waals surface area contributed by atoms with Gasteiger partial charge in [0.25, 0.3) is 0 Å². The first-order valence-corrected chi connectivity index (χ1v) is 9.46. The minimum absolute atomic E-state index is 0.0681. The lowest BCUT2D eigenvalue weighted by atomic mass is 9.73. The summed E-state index contributed by atoms with van der Waals surface area (Å²) in [5.41, 5.74) is 1.75. The second-order valence-corrected chi connectivity index (χ2v) is 7.62. The third kappa shape index (κ3) is 3.63. The fourth-order valence-corrected chi connectivity index (χ4v) is 4.42. The highest BCUT2D eigenvalue weighted by Gasteiger charge is 2.42. The van der Waals surface area contributed by atoms with E-state index in [0.717, 1.165) is 50.3 Å². The fraction of sp³-hybridized carbons (Fsp3) is 0.429. The molecule has 0 saturated carbocycles. The largest absolute Gasteiger partial charge is 0.355 e. The first kappa shape index (κ1) is 17.5. The third-order valence-corrected chi connectivity index (χ3v) is 5.71. The van der Waals surface area contributed by atoms with Crippen LogP contribution in [0.2, 0.25) is 0 Å². The quantitative estimate of drug-likeness (QED) is 0.840. The van der Waals surface area contributed by atoms with Crippen LogP contribution in [0.3, 0.4) is 0 Å². The summed E-state index contributed by atoms with van der Waals surface area (Å²) in [5.74, 6) is 0.993. The van der Waals surface area contributed by atoms with Crippen LogP contribution in [0.5, 0.6) is 0 Å². The van der Waals surface area contributed by atoms with E-state index in [0.29, 0.717) is 18.5 Å². The van der Waals surface area contributed by atoms with Crippen molar-refractivity contribution in [3.63, 3.8) is 0 Å². The van der Waals surface area contributed by atoms with Crippen molar-refractivity contribution in [1.82, 2.24) is 14.9 Å². The van der Waals surface area contributed by atoms with Gasteiger partial charge < -0.3 is 9.80 Å². The average Bonchev–Trinajstić information content (AvgIpc) is 2.72. The van der Waals surface area contributed by atoms with Crippen LogP contribution in [0.1, 0.15) is 36.8 Å². The monoisotopic (exact) mass is 361 g/mol. The molecule has 27 heavy (non-hydrogen) atoms. The molecule has 6 heteroatoms. The fourth-order valence-electron chi connectivity index (χ4n) is 4.42. The Morgan fingerprint density at radius 1 is 1.19 bits per heavy atom. The number of hydrogen-bond acceptors (Lipinski definition) is 5. The van der Waals surface area contributed by atoms with Crippen LogP contribution in [-0.4, -0.2) is 40.4 Å². The first-order chi connectivity index (χ1) is 13.2. The number of carbonyl (C=O) groups excluding carboxylic acids is 1. The highest BCUT2D eigenvalue weighted by Crippen LogP contribution is 2.40. The molecule has 138 valence electrons. The molecule has 0 aliphatic carbocycles. The van der Waals surface area contributed by atoms with Crippen LogP contribution in [0, 0.1) is 16.7 Å². The van der Waals surface area contributed by atoms with E-state index < -0.39 is 0 Å². The summed E-state index contributed by atoms with van der Waals surface area (Å²) < 4.78 is 0. The van der Waals surface area contributed by atoms with Crippen LogP contribution in [0.4, 0.5) is 5.82 Å². The van der Waals surface area contributed by atoms with Crippen LogP contribution in [-0.2, 0) is 11.3 Å². The summed E-state index contributed by atoms with van der Waals surface area (Å²) in [5, 5.41) is 9.42. The molecule has 4 heterocycles. The van der Waals surface area contributed by atoms with Gasteiger partial charge in [-0.25, -0.2) is 4.98 Å². The number of pyridine rings is 2. The van der Waals surface area contributed by atoms with Crippen LogP contribution in [0.25, 0.3) is 0 Å². The third-order valence-electron chi connectivity index (χ3n) is 5.71. The second kappa shape index (κ2) is 7.36. The van der Waals surface area contributed by atoms with Gasteiger partial charge in [0, 0.05) is 56.6 Å². The van der Waals surface area contributed by atoms with Crippen LogP contribution < -0.4 is 4.90 Å². The Morgan fingerprint density at radius 3 is 2.89 bits per heavy atom. The zero-order valence-corrected chi connectivity index (χ0v) is 15.3. The summed E-state index contributed by atoms with van der Waals surface area (Å²) in [6.07, 6.45) is 8.97. The lowest BCUT2D eigenvalue weighted by Gasteiger charge is -2.48. The number of piperidine rings is 2. The molecule has 0 bridgehead atoms. The van der Waals surface area contributed by atoms with Crippen molar-refractivity contribution < 1.29 is 4.79 Å². The van der Waals surface area contributed by atoms with Gasteiger partial charge in [0.2, 0.25) is 5.91 Å². The summed E-state index contributed by atoms with van der Waals surface area (Å²) in [6, 6.07) is 9.81. The van der Waals surface area contributed by atoms with Crippen molar-refractivity contribution in [3.8, 4) is 6.07 Å². The Balaban J connectivity index is 1.53. The Bertz CT molecular complexity index is 862. The minimum atomic E-state index is 0.0681. The predicted molar refractivity (Wildman–Crippen MR) is 102 cm³/mol.